The third kappa shape index (κ3) is 12.3. The number of hydrogen-bond acceptors (Lipinski definition) is 3. The van der Waals surface area contributed by atoms with Crippen LogP contribution in [0.2, 0.25) is 0 Å². The maximum atomic E-state index is 12.2. The number of morpholine rings is 1. The molecule has 1 rings (SSSR count). The third-order valence-corrected chi connectivity index (χ3v) is 5.43. The van der Waals surface area contributed by atoms with Crippen LogP contribution in [0.1, 0.15) is 84.0 Å². The lowest BCUT2D eigenvalue weighted by atomic mass is 10.1. The smallest absolute Gasteiger partial charge is 0.265 e. The van der Waals surface area contributed by atoms with Crippen molar-refractivity contribution in [3.05, 3.63) is 0 Å². The van der Waals surface area contributed by atoms with Crippen LogP contribution in [0.4, 0.5) is 0 Å². The molecule has 1 aliphatic heterocycles. The van der Waals surface area contributed by atoms with Crippen molar-refractivity contribution in [3.8, 4) is 0 Å². The van der Waals surface area contributed by atoms with E-state index in [-0.39, 0.29) is 24.7 Å². The van der Waals surface area contributed by atoms with Crippen LogP contribution in [-0.4, -0.2) is 68.2 Å². The summed E-state index contributed by atoms with van der Waals surface area (Å²) in [5, 5.41) is 0. The number of ether oxygens (including phenoxy) is 1. The van der Waals surface area contributed by atoms with Crippen LogP contribution in [0.3, 0.4) is 0 Å². The standard InChI is InChI=1S/C22H43N3O3/c1-4-5-6-7-8-9-10-11-12-13-18-25(2,3)23-21(26)14-15-22(27)24-16-19-28-20-17-24/h4-20H2,1-3H3/p+1. The molecule has 0 radical (unpaired) electrons. The van der Waals surface area contributed by atoms with Crippen LogP contribution in [0.15, 0.2) is 0 Å². The molecule has 1 aliphatic rings. The zero-order chi connectivity index (χ0) is 20.7. The Bertz CT molecular complexity index is 435. The first-order chi connectivity index (χ1) is 13.4. The van der Waals surface area contributed by atoms with Gasteiger partial charge >= 0.3 is 0 Å². The van der Waals surface area contributed by atoms with Crippen molar-refractivity contribution in [1.82, 2.24) is 10.3 Å². The molecule has 0 spiro atoms. The Morgan fingerprint density at radius 2 is 1.39 bits per heavy atom. The van der Waals surface area contributed by atoms with Crippen LogP contribution in [0.25, 0.3) is 0 Å². The van der Waals surface area contributed by atoms with Gasteiger partial charge in [-0.15, -0.1) is 0 Å². The SMILES string of the molecule is CCCCCCCCCCCC[N+](C)(C)NC(=O)CCC(=O)N1CCOCC1. The van der Waals surface area contributed by atoms with E-state index in [0.29, 0.717) is 30.9 Å². The third-order valence-electron chi connectivity index (χ3n) is 5.43. The first-order valence-corrected chi connectivity index (χ1v) is 11.4. The van der Waals surface area contributed by atoms with Gasteiger partial charge in [0.15, 0.2) is 0 Å². The molecule has 2 amide bonds. The summed E-state index contributed by atoms with van der Waals surface area (Å²) in [6.45, 7) is 5.66. The van der Waals surface area contributed by atoms with E-state index in [9.17, 15) is 9.59 Å². The average molecular weight is 399 g/mol. The van der Waals surface area contributed by atoms with Gasteiger partial charge in [0.1, 0.15) is 6.54 Å². The van der Waals surface area contributed by atoms with E-state index in [2.05, 4.69) is 12.3 Å². The fourth-order valence-electron chi connectivity index (χ4n) is 3.64. The first-order valence-electron chi connectivity index (χ1n) is 11.4. The van der Waals surface area contributed by atoms with Gasteiger partial charge in [0.25, 0.3) is 5.91 Å². The molecule has 0 bridgehead atoms. The highest BCUT2D eigenvalue weighted by molar-refractivity contribution is 5.83. The normalized spacial score (nSPS) is 14.9. The molecule has 164 valence electrons. The van der Waals surface area contributed by atoms with E-state index in [0.717, 1.165) is 13.0 Å². The lowest BCUT2D eigenvalue weighted by Gasteiger charge is -2.29. The summed E-state index contributed by atoms with van der Waals surface area (Å²) in [6, 6.07) is 0. The van der Waals surface area contributed by atoms with Crippen molar-refractivity contribution in [2.75, 3.05) is 46.9 Å². The number of hydrogen-bond donors (Lipinski definition) is 1. The molecule has 6 nitrogen and oxygen atoms in total. The lowest BCUT2D eigenvalue weighted by Crippen LogP contribution is -2.55. The molecule has 0 unspecified atom stereocenters. The molecule has 0 atom stereocenters. The molecular weight excluding hydrogens is 354 g/mol. The summed E-state index contributed by atoms with van der Waals surface area (Å²) in [7, 11) is 4.05. The molecule has 6 heteroatoms. The monoisotopic (exact) mass is 398 g/mol. The Labute approximate surface area is 172 Å². The number of carbonyl (C=O) groups is 2. The molecule has 0 aliphatic carbocycles. The Morgan fingerprint density at radius 1 is 0.857 bits per heavy atom. The number of carbonyl (C=O) groups excluding carboxylic acids is 2. The molecule has 0 aromatic heterocycles. The number of amides is 2. The lowest BCUT2D eigenvalue weighted by molar-refractivity contribution is -0.925. The van der Waals surface area contributed by atoms with Crippen molar-refractivity contribution >= 4 is 11.8 Å². The van der Waals surface area contributed by atoms with Gasteiger partial charge in [-0.1, -0.05) is 58.3 Å². The summed E-state index contributed by atoms with van der Waals surface area (Å²) in [5.41, 5.74) is 3.05. The molecule has 1 saturated heterocycles. The van der Waals surface area contributed by atoms with Crippen LogP contribution in [-0.2, 0) is 14.3 Å². The zero-order valence-corrected chi connectivity index (χ0v) is 18.6. The zero-order valence-electron chi connectivity index (χ0n) is 18.6. The number of quaternary nitrogens is 1. The van der Waals surface area contributed by atoms with Crippen LogP contribution < -0.4 is 5.43 Å². The Morgan fingerprint density at radius 3 is 1.96 bits per heavy atom. The summed E-state index contributed by atoms with van der Waals surface area (Å²) in [6.07, 6.45) is 13.7. The second kappa shape index (κ2) is 14.8. The highest BCUT2D eigenvalue weighted by Gasteiger charge is 2.21. The summed E-state index contributed by atoms with van der Waals surface area (Å²) in [5.74, 6) is 0.0112. The predicted molar refractivity (Wildman–Crippen MR) is 114 cm³/mol. The van der Waals surface area contributed by atoms with Crippen molar-refractivity contribution in [3.63, 3.8) is 0 Å². The van der Waals surface area contributed by atoms with Gasteiger partial charge in [-0.3, -0.25) is 9.59 Å². The predicted octanol–water partition coefficient (Wildman–Crippen LogP) is 3.65. The number of nitrogens with one attached hydrogen (secondary N) is 1. The molecule has 1 heterocycles. The highest BCUT2D eigenvalue weighted by Crippen LogP contribution is 2.11. The first kappa shape index (κ1) is 24.9. The molecular formula is C22H44N3O3+. The van der Waals surface area contributed by atoms with Gasteiger partial charge in [0, 0.05) is 25.9 Å². The minimum absolute atomic E-state index is 0.0429. The summed E-state index contributed by atoms with van der Waals surface area (Å²) in [4.78, 5) is 26.1. The minimum Gasteiger partial charge on any atom is -0.378 e. The Hall–Kier alpha value is -1.14. The second-order valence-electron chi connectivity index (χ2n) is 8.62. The number of rotatable bonds is 15. The van der Waals surface area contributed by atoms with Gasteiger partial charge in [0.05, 0.1) is 27.3 Å². The van der Waals surface area contributed by atoms with Gasteiger partial charge in [-0.2, -0.15) is 0 Å². The van der Waals surface area contributed by atoms with Crippen molar-refractivity contribution in [2.45, 2.75) is 84.0 Å². The number of nitrogens with zero attached hydrogens (tertiary/aromatic N) is 2. The van der Waals surface area contributed by atoms with Gasteiger partial charge in [-0.25, -0.2) is 10.0 Å². The Kier molecular flexibility index (Phi) is 13.2. The topological polar surface area (TPSA) is 58.6 Å². The molecule has 28 heavy (non-hydrogen) atoms. The minimum atomic E-state index is -0.0429. The van der Waals surface area contributed by atoms with E-state index in [1.807, 2.05) is 14.1 Å². The second-order valence-corrected chi connectivity index (χ2v) is 8.62. The van der Waals surface area contributed by atoms with E-state index in [4.69, 9.17) is 4.74 Å². The maximum absolute atomic E-state index is 12.2. The summed E-state index contributed by atoms with van der Waals surface area (Å²) < 4.78 is 5.74. The van der Waals surface area contributed by atoms with E-state index < -0.39 is 0 Å². The van der Waals surface area contributed by atoms with Crippen LogP contribution >= 0.6 is 0 Å². The maximum Gasteiger partial charge on any atom is 0.265 e. The fraction of sp³-hybridized carbons (Fsp3) is 0.909. The molecule has 0 aromatic rings. The van der Waals surface area contributed by atoms with Crippen molar-refractivity contribution in [1.29, 1.82) is 0 Å². The van der Waals surface area contributed by atoms with Crippen molar-refractivity contribution in [2.24, 2.45) is 0 Å². The van der Waals surface area contributed by atoms with E-state index in [1.54, 1.807) is 4.90 Å². The highest BCUT2D eigenvalue weighted by atomic mass is 16.5. The van der Waals surface area contributed by atoms with E-state index >= 15 is 0 Å². The number of unbranched alkanes of at least 4 members (excludes halogenated alkanes) is 9. The molecule has 0 aromatic carbocycles. The molecule has 1 N–H and O–H groups in total. The fourth-order valence-corrected chi connectivity index (χ4v) is 3.64. The van der Waals surface area contributed by atoms with Gasteiger partial charge < -0.3 is 9.64 Å². The summed E-state index contributed by atoms with van der Waals surface area (Å²) >= 11 is 0. The van der Waals surface area contributed by atoms with Gasteiger partial charge in [0.2, 0.25) is 5.91 Å². The van der Waals surface area contributed by atoms with E-state index in [1.165, 1.54) is 57.8 Å². The molecule has 0 saturated carbocycles. The Balaban J connectivity index is 2.04. The van der Waals surface area contributed by atoms with Crippen LogP contribution in [0.5, 0.6) is 0 Å². The van der Waals surface area contributed by atoms with Gasteiger partial charge in [-0.05, 0) is 12.8 Å². The quantitative estimate of drug-likeness (QED) is 0.260. The van der Waals surface area contributed by atoms with Crippen LogP contribution in [0, 0.1) is 0 Å². The largest absolute Gasteiger partial charge is 0.378 e. The van der Waals surface area contributed by atoms with Crippen molar-refractivity contribution < 1.29 is 18.9 Å². The average Bonchev–Trinajstić information content (AvgIpc) is 2.68. The molecule has 1 fully saturated rings.